The molecule has 0 bridgehead atoms. The topological polar surface area (TPSA) is 72.2 Å². The Bertz CT molecular complexity index is 689. The summed E-state index contributed by atoms with van der Waals surface area (Å²) in [5, 5.41) is 2.98. The summed E-state index contributed by atoms with van der Waals surface area (Å²) in [6.07, 6.45) is 0. The molecule has 0 saturated heterocycles. The maximum Gasteiger partial charge on any atom is 0.256 e. The molecule has 0 fully saturated rings. The van der Waals surface area contributed by atoms with Crippen LogP contribution in [-0.2, 0) is 0 Å². The molecule has 2 aromatic rings. The number of rotatable bonds is 3. The van der Waals surface area contributed by atoms with Crippen LogP contribution in [-0.4, -0.2) is 11.8 Å². The molecule has 102 valence electrons. The first-order valence-electron chi connectivity index (χ1n) is 5.64. The van der Waals surface area contributed by atoms with Crippen LogP contribution in [0, 0.1) is 0 Å². The molecule has 0 aromatic heterocycles. The molecule has 6 heteroatoms. The summed E-state index contributed by atoms with van der Waals surface area (Å²) in [5.74, 6) is -0.918. The molecular weight excluding hydrogens is 344 g/mol. The van der Waals surface area contributed by atoms with Crippen LogP contribution in [0.25, 0.3) is 0 Å². The van der Waals surface area contributed by atoms with E-state index in [0.29, 0.717) is 20.7 Å². The van der Waals surface area contributed by atoms with Crippen LogP contribution in [0.3, 0.4) is 0 Å². The number of carbonyl (C=O) groups excluding carboxylic acids is 2. The van der Waals surface area contributed by atoms with Crippen LogP contribution >= 0.6 is 27.5 Å². The number of benzene rings is 2. The summed E-state index contributed by atoms with van der Waals surface area (Å²) in [5.41, 5.74) is 6.27. The molecule has 0 aliphatic rings. The molecule has 0 spiro atoms. The van der Waals surface area contributed by atoms with Crippen molar-refractivity contribution >= 4 is 45.0 Å². The fourth-order valence-corrected chi connectivity index (χ4v) is 2.24. The number of carbonyl (C=O) groups is 2. The second-order valence-electron chi connectivity index (χ2n) is 3.99. The van der Waals surface area contributed by atoms with E-state index in [0.717, 1.165) is 0 Å². The van der Waals surface area contributed by atoms with Crippen LogP contribution in [0.15, 0.2) is 46.9 Å². The van der Waals surface area contributed by atoms with E-state index in [1.165, 1.54) is 18.2 Å². The summed E-state index contributed by atoms with van der Waals surface area (Å²) in [6.45, 7) is 0. The third-order valence-electron chi connectivity index (χ3n) is 2.62. The molecule has 2 rings (SSSR count). The average molecular weight is 354 g/mol. The van der Waals surface area contributed by atoms with Crippen molar-refractivity contribution < 1.29 is 9.59 Å². The third-order valence-corrected chi connectivity index (χ3v) is 3.64. The molecule has 0 heterocycles. The normalized spacial score (nSPS) is 10.1. The van der Waals surface area contributed by atoms with E-state index >= 15 is 0 Å². The first-order valence-corrected chi connectivity index (χ1v) is 6.81. The Morgan fingerprint density at radius 3 is 2.50 bits per heavy atom. The molecule has 0 aliphatic carbocycles. The molecule has 2 aromatic carbocycles. The van der Waals surface area contributed by atoms with Gasteiger partial charge in [-0.1, -0.05) is 23.7 Å². The molecule has 0 saturated carbocycles. The molecule has 20 heavy (non-hydrogen) atoms. The summed E-state index contributed by atoms with van der Waals surface area (Å²) in [7, 11) is 0. The molecule has 0 aliphatic heterocycles. The van der Waals surface area contributed by atoms with E-state index in [1.807, 2.05) is 6.07 Å². The van der Waals surface area contributed by atoms with Crippen molar-refractivity contribution in [3.05, 3.63) is 63.1 Å². The first kappa shape index (κ1) is 14.6. The fourth-order valence-electron chi connectivity index (χ4n) is 1.61. The highest BCUT2D eigenvalue weighted by molar-refractivity contribution is 9.10. The highest BCUT2D eigenvalue weighted by Crippen LogP contribution is 2.25. The lowest BCUT2D eigenvalue weighted by molar-refractivity contribution is 0.0996. The average Bonchev–Trinajstić information content (AvgIpc) is 2.41. The zero-order valence-electron chi connectivity index (χ0n) is 10.2. The molecule has 0 unspecified atom stereocenters. The van der Waals surface area contributed by atoms with Crippen molar-refractivity contribution in [1.82, 2.24) is 0 Å². The lowest BCUT2D eigenvalue weighted by Gasteiger charge is -2.09. The highest BCUT2D eigenvalue weighted by atomic mass is 79.9. The zero-order valence-corrected chi connectivity index (χ0v) is 12.5. The predicted molar refractivity (Wildman–Crippen MR) is 82.1 cm³/mol. The minimum atomic E-state index is -0.585. The van der Waals surface area contributed by atoms with Gasteiger partial charge in [0, 0.05) is 10.0 Å². The van der Waals surface area contributed by atoms with Gasteiger partial charge in [-0.15, -0.1) is 0 Å². The Morgan fingerprint density at radius 1 is 1.15 bits per heavy atom. The van der Waals surface area contributed by atoms with Gasteiger partial charge < -0.3 is 11.1 Å². The number of halogens is 2. The van der Waals surface area contributed by atoms with E-state index in [4.69, 9.17) is 17.3 Å². The van der Waals surface area contributed by atoms with Gasteiger partial charge in [0.1, 0.15) is 0 Å². The monoisotopic (exact) mass is 352 g/mol. The Hall–Kier alpha value is -1.85. The van der Waals surface area contributed by atoms with Crippen LogP contribution in [0.5, 0.6) is 0 Å². The van der Waals surface area contributed by atoms with Gasteiger partial charge in [-0.05, 0) is 46.3 Å². The second kappa shape index (κ2) is 6.07. The van der Waals surface area contributed by atoms with Crippen molar-refractivity contribution in [3.63, 3.8) is 0 Å². The lowest BCUT2D eigenvalue weighted by Crippen LogP contribution is -2.15. The van der Waals surface area contributed by atoms with E-state index in [9.17, 15) is 9.59 Å². The van der Waals surface area contributed by atoms with Gasteiger partial charge >= 0.3 is 0 Å². The van der Waals surface area contributed by atoms with Gasteiger partial charge in [-0.25, -0.2) is 0 Å². The first-order chi connectivity index (χ1) is 9.49. The van der Waals surface area contributed by atoms with E-state index in [2.05, 4.69) is 21.2 Å². The van der Waals surface area contributed by atoms with E-state index < -0.39 is 5.91 Å². The van der Waals surface area contributed by atoms with Gasteiger partial charge in [-0.3, -0.25) is 9.59 Å². The molecular formula is C14H10BrClN2O2. The zero-order chi connectivity index (χ0) is 14.7. The van der Waals surface area contributed by atoms with Crippen LogP contribution in [0.2, 0.25) is 5.02 Å². The summed E-state index contributed by atoms with van der Waals surface area (Å²) in [4.78, 5) is 23.3. The Balaban J connectivity index is 2.30. The number of primary amides is 1. The van der Waals surface area contributed by atoms with Crippen LogP contribution in [0.1, 0.15) is 20.7 Å². The largest absolute Gasteiger partial charge is 0.366 e. The van der Waals surface area contributed by atoms with Gasteiger partial charge in [0.15, 0.2) is 0 Å². The third kappa shape index (κ3) is 3.18. The Labute approximate surface area is 129 Å². The standard InChI is InChI=1S/C14H10BrClN2O2/c15-10-4-2-1-3-9(10)14(20)18-12-7-8(13(17)19)5-6-11(12)16/h1-7H,(H2,17,19)(H,18,20). The van der Waals surface area contributed by atoms with Gasteiger partial charge in [0.05, 0.1) is 16.3 Å². The minimum Gasteiger partial charge on any atom is -0.366 e. The summed E-state index contributed by atoms with van der Waals surface area (Å²) in [6, 6.07) is 11.4. The quantitative estimate of drug-likeness (QED) is 0.887. The molecule has 2 amide bonds. The smallest absolute Gasteiger partial charge is 0.256 e. The molecule has 0 atom stereocenters. The van der Waals surface area contributed by atoms with Crippen molar-refractivity contribution in [3.8, 4) is 0 Å². The van der Waals surface area contributed by atoms with Crippen LogP contribution < -0.4 is 11.1 Å². The second-order valence-corrected chi connectivity index (χ2v) is 5.25. The molecule has 4 nitrogen and oxygen atoms in total. The SMILES string of the molecule is NC(=O)c1ccc(Cl)c(NC(=O)c2ccccc2Br)c1. The van der Waals surface area contributed by atoms with Crippen molar-refractivity contribution in [1.29, 1.82) is 0 Å². The van der Waals surface area contributed by atoms with E-state index in [-0.39, 0.29) is 11.5 Å². The number of hydrogen-bond donors (Lipinski definition) is 2. The Morgan fingerprint density at radius 2 is 1.85 bits per heavy atom. The summed E-state index contributed by atoms with van der Waals surface area (Å²) >= 11 is 9.29. The lowest BCUT2D eigenvalue weighted by atomic mass is 10.1. The summed E-state index contributed by atoms with van der Waals surface area (Å²) < 4.78 is 0.666. The number of amides is 2. The van der Waals surface area contributed by atoms with Crippen molar-refractivity contribution in [2.45, 2.75) is 0 Å². The highest BCUT2D eigenvalue weighted by Gasteiger charge is 2.12. The molecule has 3 N–H and O–H groups in total. The number of anilines is 1. The molecule has 0 radical (unpaired) electrons. The number of nitrogens with two attached hydrogens (primary N) is 1. The van der Waals surface area contributed by atoms with Gasteiger partial charge in [-0.2, -0.15) is 0 Å². The maximum atomic E-state index is 12.2. The van der Waals surface area contributed by atoms with Crippen LogP contribution in [0.4, 0.5) is 5.69 Å². The van der Waals surface area contributed by atoms with Crippen molar-refractivity contribution in [2.24, 2.45) is 5.73 Å². The van der Waals surface area contributed by atoms with E-state index in [1.54, 1.807) is 18.2 Å². The predicted octanol–water partition coefficient (Wildman–Crippen LogP) is 3.45. The number of nitrogens with one attached hydrogen (secondary N) is 1. The van der Waals surface area contributed by atoms with Crippen molar-refractivity contribution in [2.75, 3.05) is 5.32 Å². The maximum absolute atomic E-state index is 12.2. The minimum absolute atomic E-state index is 0.275. The fraction of sp³-hybridized carbons (Fsp3) is 0. The van der Waals surface area contributed by atoms with Gasteiger partial charge in [0.2, 0.25) is 5.91 Å². The Kier molecular flexibility index (Phi) is 4.42. The number of hydrogen-bond acceptors (Lipinski definition) is 2. The van der Waals surface area contributed by atoms with Gasteiger partial charge in [0.25, 0.3) is 5.91 Å².